The van der Waals surface area contributed by atoms with Gasteiger partial charge in [-0.25, -0.2) is 0 Å². The number of ketones is 1. The van der Waals surface area contributed by atoms with Crippen molar-refractivity contribution in [1.29, 1.82) is 0 Å². The number of aliphatic hydroxyl groups excluding tert-OH is 1. The van der Waals surface area contributed by atoms with Gasteiger partial charge in [0.2, 0.25) is 0 Å². The molecule has 0 aliphatic carbocycles. The van der Waals surface area contributed by atoms with Crippen LogP contribution in [0.3, 0.4) is 0 Å². The van der Waals surface area contributed by atoms with E-state index in [4.69, 9.17) is 9.47 Å². The number of likely N-dealkylation sites (tertiary alicyclic amines) is 1. The first kappa shape index (κ1) is 23.2. The molecule has 1 aromatic heterocycles. The van der Waals surface area contributed by atoms with E-state index in [9.17, 15) is 14.7 Å². The average Bonchev–Trinajstić information content (AvgIpc) is 3.45. The molecule has 1 aliphatic heterocycles. The number of methoxy groups -OCH3 is 2. The number of aromatic amines is 1. The first-order valence-electron chi connectivity index (χ1n) is 11.6. The van der Waals surface area contributed by atoms with Crippen LogP contribution < -0.4 is 9.47 Å². The lowest BCUT2D eigenvalue weighted by Gasteiger charge is -2.26. The molecule has 5 rings (SSSR count). The molecule has 2 heterocycles. The van der Waals surface area contributed by atoms with Gasteiger partial charge in [-0.05, 0) is 35.7 Å². The van der Waals surface area contributed by atoms with E-state index in [0.29, 0.717) is 29.0 Å². The zero-order valence-electron chi connectivity index (χ0n) is 20.0. The molecule has 1 amide bonds. The SMILES string of the molecule is COc1ccc([C@H]2C(=C(O)c3ccccc3)C(=O)C(=O)N2CCc2c[nH]c3ccccc23)cc1OC. The number of Topliss-reactive ketones (excluding diaryl/α,β-unsaturated/α-hetero) is 1. The largest absolute Gasteiger partial charge is 0.507 e. The lowest BCUT2D eigenvalue weighted by molar-refractivity contribution is -0.139. The molecule has 1 saturated heterocycles. The summed E-state index contributed by atoms with van der Waals surface area (Å²) >= 11 is 0. The molecule has 0 radical (unpaired) electrons. The molecule has 1 aliphatic rings. The van der Waals surface area contributed by atoms with Gasteiger partial charge < -0.3 is 24.5 Å². The number of para-hydroxylation sites is 1. The molecule has 0 saturated carbocycles. The Morgan fingerprint density at radius 2 is 1.67 bits per heavy atom. The standard InChI is InChI=1S/C29H26N2O5/c1-35-23-13-12-19(16-24(23)36-2)26-25(27(32)18-8-4-3-5-9-18)28(33)29(34)31(26)15-14-20-17-30-22-11-7-6-10-21(20)22/h3-13,16-17,26,30,32H,14-15H2,1-2H3/t26-/m0/s1. The number of rotatable bonds is 7. The Hall–Kier alpha value is -4.52. The molecule has 3 aromatic carbocycles. The summed E-state index contributed by atoms with van der Waals surface area (Å²) in [6, 6.07) is 21.2. The molecule has 0 bridgehead atoms. The highest BCUT2D eigenvalue weighted by Crippen LogP contribution is 2.42. The van der Waals surface area contributed by atoms with Gasteiger partial charge >= 0.3 is 0 Å². The van der Waals surface area contributed by atoms with E-state index in [1.807, 2.05) is 36.5 Å². The number of fused-ring (bicyclic) bond motifs is 1. The fourth-order valence-corrected chi connectivity index (χ4v) is 4.81. The summed E-state index contributed by atoms with van der Waals surface area (Å²) in [5, 5.41) is 12.3. The molecule has 0 spiro atoms. The van der Waals surface area contributed by atoms with Crippen LogP contribution in [0, 0.1) is 0 Å². The predicted octanol–water partition coefficient (Wildman–Crippen LogP) is 4.85. The predicted molar refractivity (Wildman–Crippen MR) is 137 cm³/mol. The summed E-state index contributed by atoms with van der Waals surface area (Å²) in [6.07, 6.45) is 2.46. The molecule has 4 aromatic rings. The minimum absolute atomic E-state index is 0.0531. The third kappa shape index (κ3) is 3.98. The number of hydrogen-bond donors (Lipinski definition) is 2. The van der Waals surface area contributed by atoms with Crippen molar-refractivity contribution in [2.24, 2.45) is 0 Å². The Morgan fingerprint density at radius 3 is 2.42 bits per heavy atom. The van der Waals surface area contributed by atoms with Crippen LogP contribution in [0.2, 0.25) is 0 Å². The monoisotopic (exact) mass is 482 g/mol. The number of H-pyrrole nitrogens is 1. The number of carbonyl (C=O) groups is 2. The summed E-state index contributed by atoms with van der Waals surface area (Å²) in [7, 11) is 3.07. The molecule has 182 valence electrons. The molecule has 0 unspecified atom stereocenters. The number of nitrogens with one attached hydrogen (secondary N) is 1. The van der Waals surface area contributed by atoms with Crippen LogP contribution in [-0.2, 0) is 16.0 Å². The summed E-state index contributed by atoms with van der Waals surface area (Å²) in [5.74, 6) is -0.567. The molecular weight excluding hydrogens is 456 g/mol. The van der Waals surface area contributed by atoms with Gasteiger partial charge in [-0.1, -0.05) is 54.6 Å². The van der Waals surface area contributed by atoms with E-state index < -0.39 is 17.7 Å². The van der Waals surface area contributed by atoms with E-state index in [2.05, 4.69) is 4.98 Å². The topological polar surface area (TPSA) is 91.9 Å². The van der Waals surface area contributed by atoms with E-state index in [1.54, 1.807) is 49.6 Å². The number of hydrogen-bond acceptors (Lipinski definition) is 5. The van der Waals surface area contributed by atoms with E-state index in [0.717, 1.165) is 16.5 Å². The van der Waals surface area contributed by atoms with Crippen molar-refractivity contribution in [3.8, 4) is 11.5 Å². The van der Waals surface area contributed by atoms with Crippen molar-refractivity contribution in [2.45, 2.75) is 12.5 Å². The fourth-order valence-electron chi connectivity index (χ4n) is 4.81. The highest BCUT2D eigenvalue weighted by Gasteiger charge is 2.46. The summed E-state index contributed by atoms with van der Waals surface area (Å²) in [6.45, 7) is 0.289. The first-order chi connectivity index (χ1) is 17.5. The van der Waals surface area contributed by atoms with Gasteiger partial charge in [-0.2, -0.15) is 0 Å². The van der Waals surface area contributed by atoms with Gasteiger partial charge in [0.15, 0.2) is 11.5 Å². The van der Waals surface area contributed by atoms with Crippen molar-refractivity contribution in [1.82, 2.24) is 9.88 Å². The van der Waals surface area contributed by atoms with Gasteiger partial charge in [-0.15, -0.1) is 0 Å². The molecule has 7 nitrogen and oxygen atoms in total. The van der Waals surface area contributed by atoms with Crippen molar-refractivity contribution >= 4 is 28.4 Å². The highest BCUT2D eigenvalue weighted by atomic mass is 16.5. The fraction of sp³-hybridized carbons (Fsp3) is 0.172. The third-order valence-corrected chi connectivity index (χ3v) is 6.61. The third-order valence-electron chi connectivity index (χ3n) is 6.61. The number of ether oxygens (including phenoxy) is 2. The summed E-state index contributed by atoms with van der Waals surface area (Å²) in [4.78, 5) is 31.4. The number of carbonyl (C=O) groups excluding carboxylic acids is 2. The van der Waals surface area contributed by atoms with Crippen molar-refractivity contribution < 1.29 is 24.2 Å². The molecule has 1 fully saturated rings. The molecule has 2 N–H and O–H groups in total. The molecule has 36 heavy (non-hydrogen) atoms. The zero-order chi connectivity index (χ0) is 25.2. The van der Waals surface area contributed by atoms with Gasteiger partial charge in [0.1, 0.15) is 5.76 Å². The van der Waals surface area contributed by atoms with Crippen LogP contribution in [0.4, 0.5) is 0 Å². The average molecular weight is 483 g/mol. The first-order valence-corrected chi connectivity index (χ1v) is 11.6. The number of benzene rings is 3. The smallest absolute Gasteiger partial charge is 0.295 e. The summed E-state index contributed by atoms with van der Waals surface area (Å²) in [5.41, 5.74) is 3.22. The molecule has 7 heteroatoms. The quantitative estimate of drug-likeness (QED) is 0.223. The van der Waals surface area contributed by atoms with E-state index >= 15 is 0 Å². The Labute approximate surface area is 208 Å². The van der Waals surface area contributed by atoms with Gasteiger partial charge in [0, 0.05) is 29.2 Å². The maximum Gasteiger partial charge on any atom is 0.295 e. The van der Waals surface area contributed by atoms with Crippen LogP contribution in [-0.4, -0.2) is 47.4 Å². The number of amides is 1. The Morgan fingerprint density at radius 1 is 0.944 bits per heavy atom. The van der Waals surface area contributed by atoms with Crippen molar-refractivity contribution in [3.05, 3.63) is 101 Å². The van der Waals surface area contributed by atoms with Gasteiger partial charge in [0.25, 0.3) is 11.7 Å². The Bertz CT molecular complexity index is 1470. The minimum Gasteiger partial charge on any atom is -0.507 e. The van der Waals surface area contributed by atoms with Gasteiger partial charge in [-0.3, -0.25) is 9.59 Å². The normalized spacial score (nSPS) is 17.1. The zero-order valence-corrected chi connectivity index (χ0v) is 20.0. The number of nitrogens with zero attached hydrogens (tertiary/aromatic N) is 1. The second-order valence-electron chi connectivity index (χ2n) is 8.58. The van der Waals surface area contributed by atoms with E-state index in [-0.39, 0.29) is 17.9 Å². The molecule has 1 atom stereocenters. The summed E-state index contributed by atoms with van der Waals surface area (Å²) < 4.78 is 10.8. The van der Waals surface area contributed by atoms with Crippen LogP contribution in [0.25, 0.3) is 16.7 Å². The maximum atomic E-state index is 13.3. The minimum atomic E-state index is -0.782. The van der Waals surface area contributed by atoms with Crippen molar-refractivity contribution in [3.63, 3.8) is 0 Å². The number of aliphatic hydroxyl groups is 1. The van der Waals surface area contributed by atoms with Crippen LogP contribution >= 0.6 is 0 Å². The second-order valence-corrected chi connectivity index (χ2v) is 8.58. The maximum absolute atomic E-state index is 13.3. The molecular formula is C29H26N2O5. The number of aromatic nitrogens is 1. The van der Waals surface area contributed by atoms with Crippen LogP contribution in [0.5, 0.6) is 11.5 Å². The van der Waals surface area contributed by atoms with Crippen molar-refractivity contribution in [2.75, 3.05) is 20.8 Å². The van der Waals surface area contributed by atoms with E-state index in [1.165, 1.54) is 12.0 Å². The van der Waals surface area contributed by atoms with Gasteiger partial charge in [0.05, 0.1) is 25.8 Å². The second kappa shape index (κ2) is 9.62. The van der Waals surface area contributed by atoms with Crippen LogP contribution in [0.1, 0.15) is 22.7 Å². The van der Waals surface area contributed by atoms with Crippen LogP contribution in [0.15, 0.2) is 84.6 Å². The highest BCUT2D eigenvalue weighted by molar-refractivity contribution is 6.46. The lowest BCUT2D eigenvalue weighted by Crippen LogP contribution is -2.31. The Kier molecular flexibility index (Phi) is 6.21. The Balaban J connectivity index is 1.59. The lowest BCUT2D eigenvalue weighted by atomic mass is 9.95.